The normalized spacial score (nSPS) is 26.2. The summed E-state index contributed by atoms with van der Waals surface area (Å²) in [6, 6.07) is 12.2. The van der Waals surface area contributed by atoms with Crippen molar-refractivity contribution < 1.29 is 4.74 Å². The zero-order valence-electron chi connectivity index (χ0n) is 13.7. The van der Waals surface area contributed by atoms with Crippen LogP contribution in [-0.2, 0) is 4.74 Å². The molecule has 3 atom stereocenters. The Kier molecular flexibility index (Phi) is 6.68. The molecule has 1 fully saturated rings. The van der Waals surface area contributed by atoms with Crippen molar-refractivity contribution in [2.24, 2.45) is 0 Å². The number of benzene rings is 1. The van der Waals surface area contributed by atoms with Gasteiger partial charge in [0, 0.05) is 32.3 Å². The Morgan fingerprint density at radius 3 is 2.67 bits per heavy atom. The van der Waals surface area contributed by atoms with Crippen molar-refractivity contribution in [1.82, 2.24) is 10.2 Å². The largest absolute Gasteiger partial charge is 0.385 e. The van der Waals surface area contributed by atoms with Gasteiger partial charge in [-0.1, -0.05) is 30.3 Å². The summed E-state index contributed by atoms with van der Waals surface area (Å²) < 4.78 is 5.18. The Labute approximate surface area is 129 Å². The highest BCUT2D eigenvalue weighted by Crippen LogP contribution is 2.34. The molecular weight excluding hydrogens is 260 g/mol. The van der Waals surface area contributed by atoms with Crippen molar-refractivity contribution in [1.29, 1.82) is 0 Å². The highest BCUT2D eigenvalue weighted by Gasteiger charge is 2.32. The number of ether oxygens (including phenoxy) is 1. The Morgan fingerprint density at radius 2 is 2.00 bits per heavy atom. The third-order valence-corrected chi connectivity index (χ3v) is 4.88. The Hall–Kier alpha value is -0.900. The second-order valence-electron chi connectivity index (χ2n) is 6.21. The number of hydrogen-bond acceptors (Lipinski definition) is 3. The summed E-state index contributed by atoms with van der Waals surface area (Å²) in [5.74, 6) is 0.700. The number of nitrogens with one attached hydrogen (secondary N) is 1. The van der Waals surface area contributed by atoms with Crippen molar-refractivity contribution >= 4 is 0 Å². The molecule has 0 heterocycles. The van der Waals surface area contributed by atoms with E-state index in [0.717, 1.165) is 19.6 Å². The minimum absolute atomic E-state index is 0.609. The first kappa shape index (κ1) is 16.5. The number of nitrogens with zero attached hydrogens (tertiary/aromatic N) is 1. The van der Waals surface area contributed by atoms with Crippen LogP contribution in [0.3, 0.4) is 0 Å². The smallest absolute Gasteiger partial charge is 0.0474 e. The molecule has 0 amide bonds. The lowest BCUT2D eigenvalue weighted by molar-refractivity contribution is 0.123. The molecule has 0 bridgehead atoms. The van der Waals surface area contributed by atoms with Crippen LogP contribution in [0.2, 0.25) is 0 Å². The lowest BCUT2D eigenvalue weighted by Crippen LogP contribution is -2.51. The minimum atomic E-state index is 0.609. The number of methoxy groups -OCH3 is 1. The molecule has 0 spiro atoms. The van der Waals surface area contributed by atoms with Crippen LogP contribution in [0.5, 0.6) is 0 Å². The molecule has 3 nitrogen and oxygen atoms in total. The standard InChI is InChI=1S/C18H30N2O/c1-19-17-11-10-16(15-8-5-4-6-9-15)14-18(17)20(2)12-7-13-21-3/h4-6,8-9,16-19H,7,10-14H2,1-3H3. The molecule has 1 saturated carbocycles. The third kappa shape index (κ3) is 4.53. The van der Waals surface area contributed by atoms with Gasteiger partial charge in [-0.3, -0.25) is 0 Å². The molecule has 3 unspecified atom stereocenters. The van der Waals surface area contributed by atoms with Crippen LogP contribution >= 0.6 is 0 Å². The minimum Gasteiger partial charge on any atom is -0.385 e. The fourth-order valence-corrected chi connectivity index (χ4v) is 3.62. The molecule has 118 valence electrons. The van der Waals surface area contributed by atoms with Crippen molar-refractivity contribution in [2.75, 3.05) is 34.4 Å². The van der Waals surface area contributed by atoms with Crippen molar-refractivity contribution in [3.63, 3.8) is 0 Å². The van der Waals surface area contributed by atoms with Crippen molar-refractivity contribution in [3.8, 4) is 0 Å². The van der Waals surface area contributed by atoms with E-state index in [9.17, 15) is 0 Å². The van der Waals surface area contributed by atoms with Crippen LogP contribution in [0.4, 0.5) is 0 Å². The first-order valence-electron chi connectivity index (χ1n) is 8.17. The van der Waals surface area contributed by atoms with E-state index in [1.54, 1.807) is 7.11 Å². The molecule has 1 aliphatic carbocycles. The number of rotatable bonds is 7. The molecule has 0 radical (unpaired) electrons. The van der Waals surface area contributed by atoms with Crippen LogP contribution in [0.15, 0.2) is 30.3 Å². The van der Waals surface area contributed by atoms with Crippen LogP contribution < -0.4 is 5.32 Å². The highest BCUT2D eigenvalue weighted by molar-refractivity contribution is 5.21. The fourth-order valence-electron chi connectivity index (χ4n) is 3.62. The Balaban J connectivity index is 1.98. The van der Waals surface area contributed by atoms with E-state index < -0.39 is 0 Å². The van der Waals surface area contributed by atoms with E-state index >= 15 is 0 Å². The van der Waals surface area contributed by atoms with Crippen LogP contribution in [0.1, 0.15) is 37.2 Å². The van der Waals surface area contributed by atoms with Gasteiger partial charge < -0.3 is 15.0 Å². The quantitative estimate of drug-likeness (QED) is 0.782. The molecule has 0 aromatic heterocycles. The van der Waals surface area contributed by atoms with E-state index in [0.29, 0.717) is 18.0 Å². The maximum atomic E-state index is 5.18. The van der Waals surface area contributed by atoms with Gasteiger partial charge in [0.2, 0.25) is 0 Å². The molecule has 21 heavy (non-hydrogen) atoms. The lowest BCUT2D eigenvalue weighted by Gasteiger charge is -2.41. The molecule has 3 heteroatoms. The molecule has 1 N–H and O–H groups in total. The van der Waals surface area contributed by atoms with Gasteiger partial charge in [0.05, 0.1) is 0 Å². The highest BCUT2D eigenvalue weighted by atomic mass is 16.5. The molecule has 2 rings (SSSR count). The third-order valence-electron chi connectivity index (χ3n) is 4.88. The van der Waals surface area contributed by atoms with Gasteiger partial charge in [0.25, 0.3) is 0 Å². The first-order valence-corrected chi connectivity index (χ1v) is 8.17. The lowest BCUT2D eigenvalue weighted by atomic mass is 9.78. The maximum absolute atomic E-state index is 5.18. The molecule has 0 saturated heterocycles. The zero-order chi connectivity index (χ0) is 15.1. The van der Waals surface area contributed by atoms with Gasteiger partial charge >= 0.3 is 0 Å². The number of hydrogen-bond donors (Lipinski definition) is 1. The van der Waals surface area contributed by atoms with Gasteiger partial charge in [-0.25, -0.2) is 0 Å². The summed E-state index contributed by atoms with van der Waals surface area (Å²) in [5, 5.41) is 3.52. The van der Waals surface area contributed by atoms with Crippen LogP contribution in [0, 0.1) is 0 Å². The van der Waals surface area contributed by atoms with E-state index in [1.165, 1.54) is 24.8 Å². The molecule has 1 aromatic rings. The summed E-state index contributed by atoms with van der Waals surface area (Å²) >= 11 is 0. The average molecular weight is 290 g/mol. The summed E-state index contributed by atoms with van der Waals surface area (Å²) in [6.45, 7) is 1.96. The average Bonchev–Trinajstić information content (AvgIpc) is 2.55. The maximum Gasteiger partial charge on any atom is 0.0474 e. The second kappa shape index (κ2) is 8.52. The molecule has 1 aliphatic rings. The Bertz CT molecular complexity index is 395. The van der Waals surface area contributed by atoms with Gasteiger partial charge in [-0.2, -0.15) is 0 Å². The van der Waals surface area contributed by atoms with Crippen molar-refractivity contribution in [3.05, 3.63) is 35.9 Å². The second-order valence-corrected chi connectivity index (χ2v) is 6.21. The van der Waals surface area contributed by atoms with Gasteiger partial charge in [0.15, 0.2) is 0 Å². The van der Waals surface area contributed by atoms with E-state index in [-0.39, 0.29) is 0 Å². The number of likely N-dealkylation sites (N-methyl/N-ethyl adjacent to an activating group) is 2. The van der Waals surface area contributed by atoms with Crippen molar-refractivity contribution in [2.45, 2.75) is 43.7 Å². The molecule has 1 aromatic carbocycles. The van der Waals surface area contributed by atoms with Gasteiger partial charge in [-0.15, -0.1) is 0 Å². The predicted molar refractivity (Wildman–Crippen MR) is 88.8 cm³/mol. The molecule has 0 aliphatic heterocycles. The summed E-state index contributed by atoms with van der Waals surface area (Å²) in [7, 11) is 6.14. The van der Waals surface area contributed by atoms with Gasteiger partial charge in [-0.05, 0) is 51.3 Å². The summed E-state index contributed by atoms with van der Waals surface area (Å²) in [6.07, 6.45) is 4.90. The monoisotopic (exact) mass is 290 g/mol. The van der Waals surface area contributed by atoms with Gasteiger partial charge in [0.1, 0.15) is 0 Å². The first-order chi connectivity index (χ1) is 10.3. The Morgan fingerprint density at radius 1 is 1.24 bits per heavy atom. The zero-order valence-corrected chi connectivity index (χ0v) is 13.7. The van der Waals surface area contributed by atoms with E-state index in [1.807, 2.05) is 0 Å². The summed E-state index contributed by atoms with van der Waals surface area (Å²) in [4.78, 5) is 2.52. The van der Waals surface area contributed by atoms with Crippen LogP contribution in [0.25, 0.3) is 0 Å². The summed E-state index contributed by atoms with van der Waals surface area (Å²) in [5.41, 5.74) is 1.50. The SMILES string of the molecule is CNC1CCC(c2ccccc2)CC1N(C)CCCOC. The topological polar surface area (TPSA) is 24.5 Å². The predicted octanol–water partition coefficient (Wildman–Crippen LogP) is 2.88. The van der Waals surface area contributed by atoms with Crippen LogP contribution in [-0.4, -0.2) is 51.3 Å². The van der Waals surface area contributed by atoms with E-state index in [4.69, 9.17) is 4.74 Å². The fraction of sp³-hybridized carbons (Fsp3) is 0.667. The van der Waals surface area contributed by atoms with E-state index in [2.05, 4.69) is 54.6 Å². The molecular formula is C18H30N2O.